The van der Waals surface area contributed by atoms with Gasteiger partial charge in [0.05, 0.1) is 12.6 Å². The van der Waals surface area contributed by atoms with Gasteiger partial charge in [-0.1, -0.05) is 12.1 Å². The van der Waals surface area contributed by atoms with E-state index in [1.54, 1.807) is 19.2 Å². The highest BCUT2D eigenvalue weighted by Gasteiger charge is 2.41. The van der Waals surface area contributed by atoms with Crippen LogP contribution in [0.4, 0.5) is 8.78 Å². The van der Waals surface area contributed by atoms with E-state index in [0.29, 0.717) is 12.1 Å². The average molecular weight is 397 g/mol. The third-order valence-corrected chi connectivity index (χ3v) is 6.57. The number of piperidine rings is 1. The molecule has 2 N–H and O–H groups in total. The number of fused-ring (bicyclic) bond motifs is 4. The topological polar surface area (TPSA) is 40.3 Å². The molecule has 3 aromatic rings. The van der Waals surface area contributed by atoms with Gasteiger partial charge in [0, 0.05) is 48.3 Å². The van der Waals surface area contributed by atoms with Gasteiger partial charge in [-0.3, -0.25) is 4.90 Å². The van der Waals surface area contributed by atoms with Crippen LogP contribution in [0.3, 0.4) is 0 Å². The smallest absolute Gasteiger partial charge is 0.163 e. The van der Waals surface area contributed by atoms with Gasteiger partial charge in [0.15, 0.2) is 11.6 Å². The molecule has 0 bridgehead atoms. The van der Waals surface area contributed by atoms with Crippen LogP contribution in [-0.4, -0.2) is 36.6 Å². The van der Waals surface area contributed by atoms with E-state index in [4.69, 9.17) is 4.74 Å². The SMILES string of the molecule is COc1ccc2[nH]c3c(c2c1)CCNC31CCN(Cc2cccc(F)c2F)CC1. The van der Waals surface area contributed by atoms with E-state index in [0.717, 1.165) is 50.2 Å². The van der Waals surface area contributed by atoms with Gasteiger partial charge in [-0.2, -0.15) is 0 Å². The summed E-state index contributed by atoms with van der Waals surface area (Å²) in [5.74, 6) is -0.627. The number of hydrogen-bond acceptors (Lipinski definition) is 3. The molecule has 4 nitrogen and oxygen atoms in total. The number of rotatable bonds is 3. The highest BCUT2D eigenvalue weighted by Crippen LogP contribution is 2.41. The molecule has 1 fully saturated rings. The van der Waals surface area contributed by atoms with Crippen molar-refractivity contribution in [1.82, 2.24) is 15.2 Å². The Kier molecular flexibility index (Phi) is 4.56. The first-order valence-electron chi connectivity index (χ1n) is 10.2. The Morgan fingerprint density at radius 2 is 1.97 bits per heavy atom. The van der Waals surface area contributed by atoms with E-state index in [2.05, 4.69) is 27.3 Å². The van der Waals surface area contributed by atoms with Gasteiger partial charge >= 0.3 is 0 Å². The van der Waals surface area contributed by atoms with Crippen molar-refractivity contribution in [2.75, 3.05) is 26.7 Å². The Hall–Kier alpha value is -2.44. The number of halogens is 2. The molecule has 152 valence electrons. The predicted octanol–water partition coefficient (Wildman–Crippen LogP) is 4.09. The minimum Gasteiger partial charge on any atom is -0.497 e. The second-order valence-corrected chi connectivity index (χ2v) is 8.14. The fourth-order valence-electron chi connectivity index (χ4n) is 4.97. The van der Waals surface area contributed by atoms with Crippen LogP contribution in [0.15, 0.2) is 36.4 Å². The van der Waals surface area contributed by atoms with Crippen molar-refractivity contribution in [2.24, 2.45) is 0 Å². The Labute approximate surface area is 168 Å². The Morgan fingerprint density at radius 3 is 2.76 bits per heavy atom. The van der Waals surface area contributed by atoms with Crippen LogP contribution in [0.5, 0.6) is 5.75 Å². The largest absolute Gasteiger partial charge is 0.497 e. The van der Waals surface area contributed by atoms with Crippen molar-refractivity contribution in [2.45, 2.75) is 31.3 Å². The van der Waals surface area contributed by atoms with Crippen LogP contribution in [0.25, 0.3) is 10.9 Å². The minimum atomic E-state index is -0.775. The van der Waals surface area contributed by atoms with Gasteiger partial charge in [0.1, 0.15) is 5.75 Å². The number of hydrogen-bond donors (Lipinski definition) is 2. The van der Waals surface area contributed by atoms with Crippen LogP contribution in [0, 0.1) is 11.6 Å². The first-order chi connectivity index (χ1) is 14.1. The van der Waals surface area contributed by atoms with Crippen molar-refractivity contribution in [3.63, 3.8) is 0 Å². The molecular formula is C23H25F2N3O. The van der Waals surface area contributed by atoms with Gasteiger partial charge in [0.2, 0.25) is 0 Å². The number of nitrogens with one attached hydrogen (secondary N) is 2. The van der Waals surface area contributed by atoms with Crippen molar-refractivity contribution in [1.29, 1.82) is 0 Å². The maximum atomic E-state index is 14.1. The molecule has 0 saturated carbocycles. The number of nitrogens with zero attached hydrogens (tertiary/aromatic N) is 1. The van der Waals surface area contributed by atoms with Gasteiger partial charge in [-0.05, 0) is 49.1 Å². The lowest BCUT2D eigenvalue weighted by atomic mass is 9.79. The lowest BCUT2D eigenvalue weighted by Crippen LogP contribution is -2.54. The number of ether oxygens (including phenoxy) is 1. The Morgan fingerprint density at radius 1 is 1.14 bits per heavy atom. The molecule has 5 rings (SSSR count). The first-order valence-corrected chi connectivity index (χ1v) is 10.2. The molecule has 2 aliphatic heterocycles. The number of methoxy groups -OCH3 is 1. The summed E-state index contributed by atoms with van der Waals surface area (Å²) >= 11 is 0. The number of likely N-dealkylation sites (tertiary alicyclic amines) is 1. The highest BCUT2D eigenvalue weighted by atomic mass is 19.2. The zero-order valence-electron chi connectivity index (χ0n) is 16.5. The highest BCUT2D eigenvalue weighted by molar-refractivity contribution is 5.86. The van der Waals surface area contributed by atoms with Crippen LogP contribution < -0.4 is 10.1 Å². The molecule has 2 aliphatic rings. The molecule has 6 heteroatoms. The Balaban J connectivity index is 1.39. The number of aromatic amines is 1. The predicted molar refractivity (Wildman–Crippen MR) is 109 cm³/mol. The summed E-state index contributed by atoms with van der Waals surface area (Å²) < 4.78 is 33.0. The monoisotopic (exact) mass is 397 g/mol. The van der Waals surface area contributed by atoms with Crippen molar-refractivity contribution in [3.05, 3.63) is 64.9 Å². The molecule has 3 heterocycles. The molecule has 0 amide bonds. The maximum absolute atomic E-state index is 14.1. The van der Waals surface area contributed by atoms with Crippen molar-refractivity contribution >= 4 is 10.9 Å². The third kappa shape index (κ3) is 3.11. The second kappa shape index (κ2) is 7.11. The lowest BCUT2D eigenvalue weighted by molar-refractivity contribution is 0.120. The molecular weight excluding hydrogens is 372 g/mol. The summed E-state index contributed by atoms with van der Waals surface area (Å²) in [5.41, 5.74) is 4.14. The van der Waals surface area contributed by atoms with E-state index in [1.807, 2.05) is 6.07 Å². The van der Waals surface area contributed by atoms with Crippen molar-refractivity contribution < 1.29 is 13.5 Å². The van der Waals surface area contributed by atoms with Crippen LogP contribution in [0.2, 0.25) is 0 Å². The van der Waals surface area contributed by atoms with E-state index in [-0.39, 0.29) is 5.54 Å². The summed E-state index contributed by atoms with van der Waals surface area (Å²) in [6.45, 7) is 3.05. The van der Waals surface area contributed by atoms with Gasteiger partial charge in [-0.25, -0.2) is 8.78 Å². The minimum absolute atomic E-state index is 0.0865. The van der Waals surface area contributed by atoms with Gasteiger partial charge in [-0.15, -0.1) is 0 Å². The fourth-order valence-corrected chi connectivity index (χ4v) is 4.97. The molecule has 0 radical (unpaired) electrons. The standard InChI is InChI=1S/C23H25F2N3O/c1-29-16-5-6-20-18(13-16)17-7-10-26-23(22(17)27-20)8-11-28(12-9-23)14-15-3-2-4-19(24)21(15)25/h2-6,13,26-27H,7-12,14H2,1H3. The van der Waals surface area contributed by atoms with Gasteiger partial charge in [0.25, 0.3) is 0 Å². The van der Waals surface area contributed by atoms with Crippen LogP contribution in [0.1, 0.15) is 29.7 Å². The normalized spacial score (nSPS) is 18.9. The molecule has 0 aliphatic carbocycles. The Bertz CT molecular complexity index is 1050. The second-order valence-electron chi connectivity index (χ2n) is 8.14. The number of benzene rings is 2. The summed E-state index contributed by atoms with van der Waals surface area (Å²) in [4.78, 5) is 5.88. The van der Waals surface area contributed by atoms with E-state index in [1.165, 1.54) is 22.7 Å². The zero-order chi connectivity index (χ0) is 20.0. The number of H-pyrrole nitrogens is 1. The van der Waals surface area contributed by atoms with E-state index < -0.39 is 11.6 Å². The van der Waals surface area contributed by atoms with Crippen LogP contribution in [-0.2, 0) is 18.5 Å². The first kappa shape index (κ1) is 18.6. The lowest BCUT2D eigenvalue weighted by Gasteiger charge is -2.45. The molecule has 2 aromatic carbocycles. The van der Waals surface area contributed by atoms with E-state index in [9.17, 15) is 8.78 Å². The molecule has 0 atom stereocenters. The molecule has 1 spiro atoms. The molecule has 1 saturated heterocycles. The average Bonchev–Trinajstić information content (AvgIpc) is 3.12. The quantitative estimate of drug-likeness (QED) is 0.699. The summed E-state index contributed by atoms with van der Waals surface area (Å²) in [6, 6.07) is 10.6. The molecule has 29 heavy (non-hydrogen) atoms. The van der Waals surface area contributed by atoms with Gasteiger partial charge < -0.3 is 15.0 Å². The number of aromatic nitrogens is 1. The summed E-state index contributed by atoms with van der Waals surface area (Å²) in [6.07, 6.45) is 2.85. The molecule has 1 aromatic heterocycles. The van der Waals surface area contributed by atoms with E-state index >= 15 is 0 Å². The summed E-state index contributed by atoms with van der Waals surface area (Å²) in [7, 11) is 1.69. The van der Waals surface area contributed by atoms with Crippen molar-refractivity contribution in [3.8, 4) is 5.75 Å². The maximum Gasteiger partial charge on any atom is 0.163 e. The van der Waals surface area contributed by atoms with Crippen LogP contribution >= 0.6 is 0 Å². The zero-order valence-corrected chi connectivity index (χ0v) is 16.5. The fraction of sp³-hybridized carbons (Fsp3) is 0.391. The molecule has 0 unspecified atom stereocenters. The summed E-state index contributed by atoms with van der Waals surface area (Å²) in [5, 5.41) is 5.00. The third-order valence-electron chi connectivity index (χ3n) is 6.57.